The van der Waals surface area contributed by atoms with E-state index < -0.39 is 23.0 Å². The first-order chi connectivity index (χ1) is 12.6. The summed E-state index contributed by atoms with van der Waals surface area (Å²) in [5.41, 5.74) is -1.37. The second-order valence-electron chi connectivity index (χ2n) is 7.57. The quantitative estimate of drug-likeness (QED) is 0.361. The third-order valence-electron chi connectivity index (χ3n) is 4.22. The van der Waals surface area contributed by atoms with Crippen molar-refractivity contribution >= 4 is 36.1 Å². The van der Waals surface area contributed by atoms with E-state index in [9.17, 15) is 19.2 Å². The number of carbonyl (C=O) groups is 4. The van der Waals surface area contributed by atoms with E-state index in [2.05, 4.69) is 10.6 Å². The van der Waals surface area contributed by atoms with Gasteiger partial charge in [-0.3, -0.25) is 19.7 Å². The van der Waals surface area contributed by atoms with E-state index in [1.165, 1.54) is 16.7 Å². The summed E-state index contributed by atoms with van der Waals surface area (Å²) >= 11 is 1.22. The smallest absolute Gasteiger partial charge is 0.255 e. The average molecular weight is 402 g/mol. The van der Waals surface area contributed by atoms with Gasteiger partial charge < -0.3 is 15.0 Å². The first kappa shape index (κ1) is 25.6. The molecule has 27 heavy (non-hydrogen) atoms. The Hall–Kier alpha value is -1.41. The van der Waals surface area contributed by atoms with Gasteiger partial charge in [0, 0.05) is 13.5 Å². The van der Waals surface area contributed by atoms with Crippen LogP contribution in [0, 0.1) is 11.8 Å². The molecule has 2 N–H and O–H groups in total. The molecule has 0 saturated heterocycles. The van der Waals surface area contributed by atoms with Crippen molar-refractivity contribution in [3.63, 3.8) is 0 Å². The molecule has 3 atom stereocenters. The zero-order valence-corrected chi connectivity index (χ0v) is 18.4. The zero-order chi connectivity index (χ0) is 21.2. The Bertz CT molecular complexity index is 513. The molecule has 0 aromatic rings. The van der Waals surface area contributed by atoms with E-state index in [1.807, 2.05) is 34.6 Å². The molecule has 0 heterocycles. The van der Waals surface area contributed by atoms with Gasteiger partial charge in [-0.15, -0.1) is 11.8 Å². The summed E-state index contributed by atoms with van der Waals surface area (Å²) in [5.74, 6) is -0.526. The van der Waals surface area contributed by atoms with Crippen molar-refractivity contribution in [2.24, 2.45) is 11.8 Å². The van der Waals surface area contributed by atoms with Gasteiger partial charge in [0.05, 0.1) is 6.04 Å². The highest BCUT2D eigenvalue weighted by Crippen LogP contribution is 2.19. The van der Waals surface area contributed by atoms with Crippen molar-refractivity contribution in [2.75, 3.05) is 13.3 Å². The van der Waals surface area contributed by atoms with Gasteiger partial charge in [-0.25, -0.2) is 0 Å². The fourth-order valence-electron chi connectivity index (χ4n) is 2.80. The minimum atomic E-state index is -1.37. The molecule has 0 fully saturated rings. The first-order valence-corrected chi connectivity index (χ1v) is 10.7. The highest BCUT2D eigenvalue weighted by atomic mass is 32.2. The van der Waals surface area contributed by atoms with Crippen molar-refractivity contribution in [1.82, 2.24) is 15.5 Å². The molecule has 0 aromatic carbocycles. The van der Waals surface area contributed by atoms with Gasteiger partial charge in [0.1, 0.15) is 11.9 Å². The SMILES string of the molecule is CCCC(=O)N(C)C(SC)C(=O)NC(C=O)(CC(C)C)NC(C=O)C(C)C. The zero-order valence-electron chi connectivity index (χ0n) is 17.6. The summed E-state index contributed by atoms with van der Waals surface area (Å²) in [4.78, 5) is 49.9. The van der Waals surface area contributed by atoms with Crippen LogP contribution in [-0.4, -0.2) is 59.7 Å². The van der Waals surface area contributed by atoms with E-state index >= 15 is 0 Å². The van der Waals surface area contributed by atoms with Gasteiger partial charge in [-0.05, 0) is 30.9 Å². The predicted octanol–water partition coefficient (Wildman–Crippen LogP) is 1.80. The maximum Gasteiger partial charge on any atom is 0.255 e. The van der Waals surface area contributed by atoms with Crippen molar-refractivity contribution in [1.29, 1.82) is 0 Å². The monoisotopic (exact) mass is 401 g/mol. The average Bonchev–Trinajstić information content (AvgIpc) is 2.59. The Morgan fingerprint density at radius 2 is 1.78 bits per heavy atom. The molecule has 3 unspecified atom stereocenters. The Balaban J connectivity index is 5.61. The maximum atomic E-state index is 12.9. The van der Waals surface area contributed by atoms with Crippen LogP contribution >= 0.6 is 11.8 Å². The lowest BCUT2D eigenvalue weighted by Gasteiger charge is -2.37. The molecule has 2 amide bonds. The van der Waals surface area contributed by atoms with Crippen LogP contribution < -0.4 is 10.6 Å². The van der Waals surface area contributed by atoms with Gasteiger partial charge in [0.2, 0.25) is 5.91 Å². The maximum absolute atomic E-state index is 12.9. The molecule has 8 heteroatoms. The summed E-state index contributed by atoms with van der Waals surface area (Å²) in [6.07, 6.45) is 4.50. The number of hydrogen-bond acceptors (Lipinski definition) is 6. The van der Waals surface area contributed by atoms with E-state index in [1.54, 1.807) is 13.3 Å². The van der Waals surface area contributed by atoms with Crippen LogP contribution in [0.5, 0.6) is 0 Å². The summed E-state index contributed by atoms with van der Waals surface area (Å²) in [5, 5.41) is 5.03. The highest BCUT2D eigenvalue weighted by molar-refractivity contribution is 7.99. The van der Waals surface area contributed by atoms with E-state index in [0.29, 0.717) is 25.5 Å². The number of nitrogens with one attached hydrogen (secondary N) is 2. The van der Waals surface area contributed by atoms with Crippen LogP contribution in [0.1, 0.15) is 53.9 Å². The summed E-state index contributed by atoms with van der Waals surface area (Å²) in [7, 11) is 1.58. The molecule has 0 rings (SSSR count). The molecule has 0 bridgehead atoms. The number of amides is 2. The second kappa shape index (κ2) is 12.1. The van der Waals surface area contributed by atoms with Crippen LogP contribution in [0.2, 0.25) is 0 Å². The first-order valence-electron chi connectivity index (χ1n) is 9.37. The highest BCUT2D eigenvalue weighted by Gasteiger charge is 2.38. The van der Waals surface area contributed by atoms with Gasteiger partial charge >= 0.3 is 0 Å². The standard InChI is InChI=1S/C19H35N3O4S/c1-8-9-16(25)22(6)18(27-7)17(26)21-19(12-24,10-13(2)3)20-15(11-23)14(4)5/h11-15,18,20H,8-10H2,1-7H3,(H,21,26). The molecule has 0 spiro atoms. The fraction of sp³-hybridized carbons (Fsp3) is 0.789. The summed E-state index contributed by atoms with van der Waals surface area (Å²) in [6.45, 7) is 9.48. The number of nitrogens with zero attached hydrogens (tertiary/aromatic N) is 1. The van der Waals surface area contributed by atoms with Gasteiger partial charge in [0.15, 0.2) is 11.7 Å². The van der Waals surface area contributed by atoms with Crippen LogP contribution in [0.3, 0.4) is 0 Å². The molecule has 0 aliphatic carbocycles. The minimum absolute atomic E-state index is 0.0453. The number of likely N-dealkylation sites (N-methyl/N-ethyl adjacent to an activating group) is 1. The third kappa shape index (κ3) is 8.01. The van der Waals surface area contributed by atoms with Crippen LogP contribution in [0.15, 0.2) is 0 Å². The normalized spacial score (nSPS) is 15.7. The Morgan fingerprint density at radius 3 is 2.15 bits per heavy atom. The topological polar surface area (TPSA) is 95.6 Å². The Labute approximate surface area is 167 Å². The van der Waals surface area contributed by atoms with Gasteiger partial charge in [-0.2, -0.15) is 0 Å². The molecule has 0 saturated carbocycles. The Morgan fingerprint density at radius 1 is 1.19 bits per heavy atom. The molecule has 156 valence electrons. The number of hydrogen-bond donors (Lipinski definition) is 2. The second-order valence-corrected chi connectivity index (χ2v) is 8.49. The molecule has 0 radical (unpaired) electrons. The molecule has 0 aliphatic rings. The lowest BCUT2D eigenvalue weighted by Crippen LogP contribution is -2.66. The summed E-state index contributed by atoms with van der Waals surface area (Å²) < 4.78 is 0. The summed E-state index contributed by atoms with van der Waals surface area (Å²) in [6, 6.07) is -0.582. The van der Waals surface area contributed by atoms with E-state index in [0.717, 1.165) is 6.29 Å². The lowest BCUT2D eigenvalue weighted by atomic mass is 9.95. The Kier molecular flexibility index (Phi) is 11.5. The van der Waals surface area contributed by atoms with E-state index in [4.69, 9.17) is 0 Å². The molecule has 0 aromatic heterocycles. The van der Waals surface area contributed by atoms with Crippen molar-refractivity contribution in [3.8, 4) is 0 Å². The van der Waals surface area contributed by atoms with Crippen LogP contribution in [-0.2, 0) is 19.2 Å². The molecular weight excluding hydrogens is 366 g/mol. The van der Waals surface area contributed by atoms with Gasteiger partial charge in [-0.1, -0.05) is 34.6 Å². The number of aldehydes is 2. The number of rotatable bonds is 13. The number of carbonyl (C=O) groups excluding carboxylic acids is 4. The minimum Gasteiger partial charge on any atom is -0.329 e. The van der Waals surface area contributed by atoms with Crippen LogP contribution in [0.25, 0.3) is 0 Å². The van der Waals surface area contributed by atoms with Crippen LogP contribution in [0.4, 0.5) is 0 Å². The van der Waals surface area contributed by atoms with Crippen molar-refractivity contribution in [3.05, 3.63) is 0 Å². The molecule has 0 aliphatic heterocycles. The van der Waals surface area contributed by atoms with Crippen molar-refractivity contribution in [2.45, 2.75) is 71.0 Å². The lowest BCUT2D eigenvalue weighted by molar-refractivity contribution is -0.138. The van der Waals surface area contributed by atoms with E-state index in [-0.39, 0.29) is 17.7 Å². The predicted molar refractivity (Wildman–Crippen MR) is 109 cm³/mol. The number of thioether (sulfide) groups is 1. The molecule has 7 nitrogen and oxygen atoms in total. The fourth-order valence-corrected chi connectivity index (χ4v) is 3.51. The molecular formula is C19H35N3O4S. The largest absolute Gasteiger partial charge is 0.329 e. The third-order valence-corrected chi connectivity index (χ3v) is 5.20. The van der Waals surface area contributed by atoms with Gasteiger partial charge in [0.25, 0.3) is 5.91 Å². The van der Waals surface area contributed by atoms with Crippen molar-refractivity contribution < 1.29 is 19.2 Å².